The third-order valence-electron chi connectivity index (χ3n) is 2.28. The van der Waals surface area contributed by atoms with E-state index < -0.39 is 12.6 Å². The Morgan fingerprint density at radius 3 is 2.56 bits per heavy atom. The summed E-state index contributed by atoms with van der Waals surface area (Å²) in [6.45, 7) is 0. The van der Waals surface area contributed by atoms with Gasteiger partial charge < -0.3 is 10.2 Å². The molecular formula is C12H15F3N2O. The molecule has 0 heterocycles. The fourth-order valence-electron chi connectivity index (χ4n) is 1.33. The summed E-state index contributed by atoms with van der Waals surface area (Å²) in [5.41, 5.74) is 1.04. The number of anilines is 1. The normalized spacial score (nSPS) is 11.2. The molecule has 0 atom stereocenters. The minimum atomic E-state index is -4.16. The molecule has 0 saturated carbocycles. The monoisotopic (exact) mass is 260 g/mol. The Kier molecular flexibility index (Phi) is 4.58. The Bertz CT molecular complexity index is 416. The first-order valence-corrected chi connectivity index (χ1v) is 5.42. The molecule has 0 radical (unpaired) electrons. The Hall–Kier alpha value is -1.72. The molecule has 0 aliphatic rings. The van der Waals surface area contributed by atoms with E-state index in [4.69, 9.17) is 0 Å². The van der Waals surface area contributed by atoms with Crippen LogP contribution in [0.5, 0.6) is 0 Å². The number of amides is 2. The number of urea groups is 1. The highest BCUT2D eigenvalue weighted by Gasteiger charge is 2.26. The lowest BCUT2D eigenvalue weighted by atomic mass is 10.1. The van der Waals surface area contributed by atoms with Gasteiger partial charge in [0.1, 0.15) is 0 Å². The van der Waals surface area contributed by atoms with E-state index in [2.05, 4.69) is 5.32 Å². The van der Waals surface area contributed by atoms with Gasteiger partial charge in [-0.2, -0.15) is 13.2 Å². The van der Waals surface area contributed by atoms with Gasteiger partial charge in [-0.05, 0) is 24.1 Å². The van der Waals surface area contributed by atoms with E-state index >= 15 is 0 Å². The van der Waals surface area contributed by atoms with Crippen LogP contribution in [-0.2, 0) is 6.42 Å². The maximum Gasteiger partial charge on any atom is 0.389 e. The lowest BCUT2D eigenvalue weighted by Crippen LogP contribution is -2.27. The summed E-state index contributed by atoms with van der Waals surface area (Å²) in [5, 5.41) is 2.58. The largest absolute Gasteiger partial charge is 0.389 e. The van der Waals surface area contributed by atoms with Crippen LogP contribution in [0.4, 0.5) is 23.7 Å². The van der Waals surface area contributed by atoms with Crippen molar-refractivity contribution >= 4 is 11.7 Å². The molecule has 0 aliphatic heterocycles. The maximum absolute atomic E-state index is 12.1. The van der Waals surface area contributed by atoms with Crippen LogP contribution in [0.3, 0.4) is 0 Å². The van der Waals surface area contributed by atoms with Crippen molar-refractivity contribution in [3.8, 4) is 0 Å². The fourth-order valence-corrected chi connectivity index (χ4v) is 1.33. The zero-order valence-corrected chi connectivity index (χ0v) is 10.2. The van der Waals surface area contributed by atoms with E-state index in [0.717, 1.165) is 0 Å². The van der Waals surface area contributed by atoms with E-state index in [-0.39, 0.29) is 12.5 Å². The van der Waals surface area contributed by atoms with Crippen molar-refractivity contribution in [1.29, 1.82) is 0 Å². The zero-order chi connectivity index (χ0) is 13.8. The van der Waals surface area contributed by atoms with Gasteiger partial charge in [0.25, 0.3) is 0 Å². The molecule has 3 nitrogen and oxygen atoms in total. The number of hydrogen-bond donors (Lipinski definition) is 1. The smallest absolute Gasteiger partial charge is 0.331 e. The average Bonchev–Trinajstić information content (AvgIpc) is 2.26. The van der Waals surface area contributed by atoms with Gasteiger partial charge in [-0.3, -0.25) is 0 Å². The number of benzene rings is 1. The molecule has 1 aromatic rings. The third kappa shape index (κ3) is 5.07. The quantitative estimate of drug-likeness (QED) is 0.888. The van der Waals surface area contributed by atoms with Crippen LogP contribution in [0.1, 0.15) is 12.0 Å². The van der Waals surface area contributed by atoms with Gasteiger partial charge in [-0.1, -0.05) is 12.1 Å². The van der Waals surface area contributed by atoms with E-state index in [1.807, 2.05) is 0 Å². The summed E-state index contributed by atoms with van der Waals surface area (Å²) >= 11 is 0. The Labute approximate surface area is 104 Å². The lowest BCUT2D eigenvalue weighted by Gasteiger charge is -2.13. The minimum Gasteiger partial charge on any atom is -0.331 e. The number of nitrogens with one attached hydrogen (secondary N) is 1. The number of nitrogens with zero attached hydrogens (tertiary/aromatic N) is 1. The van der Waals surface area contributed by atoms with Crippen molar-refractivity contribution in [2.45, 2.75) is 19.0 Å². The number of hydrogen-bond acceptors (Lipinski definition) is 1. The Morgan fingerprint density at radius 1 is 1.33 bits per heavy atom. The fraction of sp³-hybridized carbons (Fsp3) is 0.417. The first-order valence-electron chi connectivity index (χ1n) is 5.42. The van der Waals surface area contributed by atoms with Crippen LogP contribution in [0, 0.1) is 0 Å². The molecule has 18 heavy (non-hydrogen) atoms. The first kappa shape index (κ1) is 14.3. The summed E-state index contributed by atoms with van der Waals surface area (Å²) in [6.07, 6.45) is -5.11. The molecule has 2 amide bonds. The van der Waals surface area contributed by atoms with Gasteiger partial charge >= 0.3 is 12.2 Å². The number of halogens is 3. The van der Waals surface area contributed by atoms with Crippen LogP contribution >= 0.6 is 0 Å². The molecule has 0 aliphatic carbocycles. The van der Waals surface area contributed by atoms with Gasteiger partial charge in [-0.15, -0.1) is 0 Å². The average molecular weight is 260 g/mol. The van der Waals surface area contributed by atoms with Gasteiger partial charge in [0.05, 0.1) is 0 Å². The molecule has 0 fully saturated rings. The number of carbonyl (C=O) groups excluding carboxylic acids is 1. The molecule has 1 rings (SSSR count). The highest BCUT2D eigenvalue weighted by atomic mass is 19.4. The van der Waals surface area contributed by atoms with Crippen molar-refractivity contribution in [3.05, 3.63) is 29.8 Å². The van der Waals surface area contributed by atoms with Crippen LogP contribution in [0.25, 0.3) is 0 Å². The molecule has 0 saturated heterocycles. The van der Waals surface area contributed by atoms with E-state index in [0.29, 0.717) is 11.3 Å². The number of alkyl halides is 3. The van der Waals surface area contributed by atoms with Crippen molar-refractivity contribution in [2.75, 3.05) is 19.4 Å². The SMILES string of the molecule is CN(C)C(=O)Nc1cccc(CCC(F)(F)F)c1. The highest BCUT2D eigenvalue weighted by Crippen LogP contribution is 2.23. The molecule has 0 unspecified atom stereocenters. The predicted molar refractivity (Wildman–Crippen MR) is 63.5 cm³/mol. The summed E-state index contributed by atoms with van der Waals surface area (Å²) in [6, 6.07) is 6.10. The molecule has 1 N–H and O–H groups in total. The summed E-state index contributed by atoms with van der Waals surface area (Å²) in [4.78, 5) is 12.7. The van der Waals surface area contributed by atoms with Gasteiger partial charge in [0.15, 0.2) is 0 Å². The number of rotatable bonds is 3. The first-order chi connectivity index (χ1) is 8.28. The van der Waals surface area contributed by atoms with Gasteiger partial charge in [0, 0.05) is 26.2 Å². The Balaban J connectivity index is 2.65. The number of aryl methyl sites for hydroxylation is 1. The third-order valence-corrected chi connectivity index (χ3v) is 2.28. The van der Waals surface area contributed by atoms with Crippen molar-refractivity contribution in [1.82, 2.24) is 4.90 Å². The molecular weight excluding hydrogens is 245 g/mol. The highest BCUT2D eigenvalue weighted by molar-refractivity contribution is 5.88. The van der Waals surface area contributed by atoms with Crippen molar-refractivity contribution < 1.29 is 18.0 Å². The van der Waals surface area contributed by atoms with Crippen molar-refractivity contribution in [2.24, 2.45) is 0 Å². The standard InChI is InChI=1S/C12H15F3N2O/c1-17(2)11(18)16-10-5-3-4-9(8-10)6-7-12(13,14)15/h3-5,8H,6-7H2,1-2H3,(H,16,18). The van der Waals surface area contributed by atoms with Gasteiger partial charge in [-0.25, -0.2) is 4.79 Å². The summed E-state index contributed by atoms with van der Waals surface area (Å²) in [7, 11) is 3.17. The van der Waals surface area contributed by atoms with E-state index in [9.17, 15) is 18.0 Å². The summed E-state index contributed by atoms with van der Waals surface area (Å²) < 4.78 is 36.2. The summed E-state index contributed by atoms with van der Waals surface area (Å²) in [5.74, 6) is 0. The molecule has 0 aromatic heterocycles. The van der Waals surface area contributed by atoms with Crippen LogP contribution in [-0.4, -0.2) is 31.2 Å². The predicted octanol–water partition coefficient (Wildman–Crippen LogP) is 3.28. The van der Waals surface area contributed by atoms with Crippen molar-refractivity contribution in [3.63, 3.8) is 0 Å². The second kappa shape index (κ2) is 5.75. The van der Waals surface area contributed by atoms with Crippen LogP contribution in [0.15, 0.2) is 24.3 Å². The van der Waals surface area contributed by atoms with Gasteiger partial charge in [0.2, 0.25) is 0 Å². The molecule has 1 aromatic carbocycles. The second-order valence-corrected chi connectivity index (χ2v) is 4.14. The molecule has 6 heteroatoms. The topological polar surface area (TPSA) is 32.3 Å². The lowest BCUT2D eigenvalue weighted by molar-refractivity contribution is -0.133. The number of carbonyl (C=O) groups is 1. The minimum absolute atomic E-state index is 0.0881. The molecule has 0 spiro atoms. The van der Waals surface area contributed by atoms with E-state index in [1.165, 1.54) is 4.90 Å². The second-order valence-electron chi connectivity index (χ2n) is 4.14. The molecule has 100 valence electrons. The maximum atomic E-state index is 12.1. The van der Waals surface area contributed by atoms with E-state index in [1.54, 1.807) is 38.4 Å². The zero-order valence-electron chi connectivity index (χ0n) is 10.2. The van der Waals surface area contributed by atoms with Crippen LogP contribution < -0.4 is 5.32 Å². The van der Waals surface area contributed by atoms with Crippen LogP contribution in [0.2, 0.25) is 0 Å². The Morgan fingerprint density at radius 2 is 2.00 bits per heavy atom. The molecule has 0 bridgehead atoms.